The quantitative estimate of drug-likeness (QED) is 0.841. The van der Waals surface area contributed by atoms with E-state index in [9.17, 15) is 0 Å². The summed E-state index contributed by atoms with van der Waals surface area (Å²) in [5, 5.41) is 4.81. The van der Waals surface area contributed by atoms with Crippen molar-refractivity contribution in [2.24, 2.45) is 0 Å². The van der Waals surface area contributed by atoms with E-state index in [1.807, 2.05) is 31.3 Å². The van der Waals surface area contributed by atoms with Crippen molar-refractivity contribution in [1.82, 2.24) is 15.0 Å². The molecule has 1 aliphatic carbocycles. The van der Waals surface area contributed by atoms with Crippen LogP contribution in [-0.4, -0.2) is 22.1 Å². The lowest BCUT2D eigenvalue weighted by Gasteiger charge is -2.14. The summed E-state index contributed by atoms with van der Waals surface area (Å²) in [6.07, 6.45) is 2.38. The lowest BCUT2D eigenvalue weighted by Crippen LogP contribution is -2.17. The van der Waals surface area contributed by atoms with E-state index in [-0.39, 0.29) is 0 Å². The Hall–Kier alpha value is -1.39. The molecule has 4 nitrogen and oxygen atoms in total. The second kappa shape index (κ2) is 5.31. The zero-order valence-corrected chi connectivity index (χ0v) is 11.6. The molecule has 0 atom stereocenters. The van der Waals surface area contributed by atoms with Gasteiger partial charge in [0.1, 0.15) is 0 Å². The molecule has 0 saturated heterocycles. The molecule has 3 rings (SSSR count). The van der Waals surface area contributed by atoms with Crippen molar-refractivity contribution >= 4 is 11.6 Å². The maximum atomic E-state index is 6.15. The van der Waals surface area contributed by atoms with E-state index in [0.29, 0.717) is 18.4 Å². The minimum absolute atomic E-state index is 0.534. The first kappa shape index (κ1) is 12.6. The molecule has 0 unspecified atom stereocenters. The number of benzene rings is 1. The summed E-state index contributed by atoms with van der Waals surface area (Å²) in [7, 11) is 2.02. The van der Waals surface area contributed by atoms with Crippen molar-refractivity contribution < 1.29 is 4.52 Å². The van der Waals surface area contributed by atoms with Crippen molar-refractivity contribution in [2.45, 2.75) is 31.8 Å². The van der Waals surface area contributed by atoms with E-state index < -0.39 is 0 Å². The third-order valence-electron chi connectivity index (χ3n) is 3.23. The standard InChI is InChI=1S/C14H16ClN3O/c1-18(8-11-4-2-3-5-12(11)15)9-13-16-14(17-19-13)10-6-7-10/h2-5,10H,6-9H2,1H3. The maximum absolute atomic E-state index is 6.15. The number of halogens is 1. The zero-order chi connectivity index (χ0) is 13.2. The van der Waals surface area contributed by atoms with Crippen molar-refractivity contribution in [1.29, 1.82) is 0 Å². The van der Waals surface area contributed by atoms with Crippen molar-refractivity contribution in [3.05, 3.63) is 46.6 Å². The molecule has 1 aliphatic rings. The van der Waals surface area contributed by atoms with Gasteiger partial charge in [0, 0.05) is 17.5 Å². The van der Waals surface area contributed by atoms with Gasteiger partial charge in [0.25, 0.3) is 0 Å². The number of aromatic nitrogens is 2. The van der Waals surface area contributed by atoms with E-state index in [4.69, 9.17) is 16.1 Å². The predicted molar refractivity (Wildman–Crippen MR) is 72.9 cm³/mol. The molecule has 1 aromatic carbocycles. The molecule has 1 heterocycles. The summed E-state index contributed by atoms with van der Waals surface area (Å²) in [5.74, 6) is 2.07. The first-order valence-electron chi connectivity index (χ1n) is 6.47. The Bertz CT molecular complexity index is 565. The highest BCUT2D eigenvalue weighted by Crippen LogP contribution is 2.38. The van der Waals surface area contributed by atoms with Gasteiger partial charge >= 0.3 is 0 Å². The first-order valence-corrected chi connectivity index (χ1v) is 6.84. The van der Waals surface area contributed by atoms with Crippen LogP contribution in [0.25, 0.3) is 0 Å². The summed E-state index contributed by atoms with van der Waals surface area (Å²) >= 11 is 6.15. The van der Waals surface area contributed by atoms with Gasteiger partial charge in [-0.25, -0.2) is 0 Å². The van der Waals surface area contributed by atoms with Crippen LogP contribution in [0.3, 0.4) is 0 Å². The highest BCUT2D eigenvalue weighted by atomic mass is 35.5. The highest BCUT2D eigenvalue weighted by Gasteiger charge is 2.28. The van der Waals surface area contributed by atoms with Gasteiger partial charge in [0.2, 0.25) is 5.89 Å². The Morgan fingerprint density at radius 3 is 2.84 bits per heavy atom. The van der Waals surface area contributed by atoms with Crippen LogP contribution in [0.5, 0.6) is 0 Å². The molecule has 1 aromatic heterocycles. The van der Waals surface area contributed by atoms with Gasteiger partial charge in [0.05, 0.1) is 6.54 Å². The molecular formula is C14H16ClN3O. The second-order valence-electron chi connectivity index (χ2n) is 5.08. The number of nitrogens with zero attached hydrogens (tertiary/aromatic N) is 3. The Morgan fingerprint density at radius 2 is 2.11 bits per heavy atom. The van der Waals surface area contributed by atoms with E-state index in [0.717, 1.165) is 23.0 Å². The average Bonchev–Trinajstić information content (AvgIpc) is 3.14. The number of hydrogen-bond acceptors (Lipinski definition) is 4. The monoisotopic (exact) mass is 277 g/mol. The van der Waals surface area contributed by atoms with Crippen molar-refractivity contribution in [2.75, 3.05) is 7.05 Å². The first-order chi connectivity index (χ1) is 9.22. The SMILES string of the molecule is CN(Cc1nc(C2CC2)no1)Cc1ccccc1Cl. The molecule has 0 aliphatic heterocycles. The Labute approximate surface area is 117 Å². The lowest BCUT2D eigenvalue weighted by molar-refractivity contribution is 0.260. The van der Waals surface area contributed by atoms with Gasteiger partial charge in [-0.05, 0) is 31.5 Å². The van der Waals surface area contributed by atoms with E-state index in [1.165, 1.54) is 12.8 Å². The van der Waals surface area contributed by atoms with Gasteiger partial charge in [0.15, 0.2) is 5.82 Å². The fourth-order valence-corrected chi connectivity index (χ4v) is 2.24. The minimum atomic E-state index is 0.534. The second-order valence-corrected chi connectivity index (χ2v) is 5.49. The van der Waals surface area contributed by atoms with Crippen LogP contribution in [-0.2, 0) is 13.1 Å². The molecule has 0 bridgehead atoms. The third kappa shape index (κ3) is 3.14. The average molecular weight is 278 g/mol. The van der Waals surface area contributed by atoms with Gasteiger partial charge in [-0.3, -0.25) is 4.90 Å². The Morgan fingerprint density at radius 1 is 1.32 bits per heavy atom. The molecule has 0 spiro atoms. The van der Waals surface area contributed by atoms with E-state index in [2.05, 4.69) is 15.0 Å². The van der Waals surface area contributed by atoms with Crippen LogP contribution in [0.4, 0.5) is 0 Å². The molecule has 0 amide bonds. The molecule has 100 valence electrons. The third-order valence-corrected chi connectivity index (χ3v) is 3.60. The van der Waals surface area contributed by atoms with Crippen LogP contribution in [0.2, 0.25) is 5.02 Å². The molecule has 0 radical (unpaired) electrons. The van der Waals surface area contributed by atoms with E-state index >= 15 is 0 Å². The lowest BCUT2D eigenvalue weighted by atomic mass is 10.2. The van der Waals surface area contributed by atoms with Gasteiger partial charge < -0.3 is 4.52 Å². The van der Waals surface area contributed by atoms with Crippen LogP contribution < -0.4 is 0 Å². The Balaban J connectivity index is 1.61. The zero-order valence-electron chi connectivity index (χ0n) is 10.8. The largest absolute Gasteiger partial charge is 0.338 e. The normalized spacial score (nSPS) is 15.1. The molecule has 0 N–H and O–H groups in total. The van der Waals surface area contributed by atoms with Crippen LogP contribution in [0.1, 0.15) is 36.0 Å². The van der Waals surface area contributed by atoms with Gasteiger partial charge in [-0.15, -0.1) is 0 Å². The molecule has 1 fully saturated rings. The molecular weight excluding hydrogens is 262 g/mol. The van der Waals surface area contributed by atoms with Crippen LogP contribution in [0, 0.1) is 0 Å². The van der Waals surface area contributed by atoms with Crippen molar-refractivity contribution in [3.63, 3.8) is 0 Å². The van der Waals surface area contributed by atoms with Gasteiger partial charge in [-0.2, -0.15) is 4.98 Å². The number of hydrogen-bond donors (Lipinski definition) is 0. The maximum Gasteiger partial charge on any atom is 0.240 e. The van der Waals surface area contributed by atoms with Crippen LogP contribution in [0.15, 0.2) is 28.8 Å². The molecule has 19 heavy (non-hydrogen) atoms. The summed E-state index contributed by atoms with van der Waals surface area (Å²) in [5.41, 5.74) is 1.11. The number of rotatable bonds is 5. The Kier molecular flexibility index (Phi) is 3.53. The topological polar surface area (TPSA) is 42.2 Å². The van der Waals surface area contributed by atoms with Crippen LogP contribution >= 0.6 is 11.6 Å². The fourth-order valence-electron chi connectivity index (χ4n) is 2.04. The summed E-state index contributed by atoms with van der Waals surface area (Å²) in [4.78, 5) is 6.54. The fraction of sp³-hybridized carbons (Fsp3) is 0.429. The molecule has 1 saturated carbocycles. The molecule has 5 heteroatoms. The minimum Gasteiger partial charge on any atom is -0.338 e. The van der Waals surface area contributed by atoms with Crippen molar-refractivity contribution in [3.8, 4) is 0 Å². The summed E-state index contributed by atoms with van der Waals surface area (Å²) in [6.45, 7) is 1.41. The predicted octanol–water partition coefficient (Wildman–Crippen LogP) is 3.23. The van der Waals surface area contributed by atoms with E-state index in [1.54, 1.807) is 0 Å². The summed E-state index contributed by atoms with van der Waals surface area (Å²) in [6, 6.07) is 7.86. The smallest absolute Gasteiger partial charge is 0.240 e. The van der Waals surface area contributed by atoms with Gasteiger partial charge in [-0.1, -0.05) is 35.0 Å². The summed E-state index contributed by atoms with van der Waals surface area (Å²) < 4.78 is 5.27. The highest BCUT2D eigenvalue weighted by molar-refractivity contribution is 6.31. The molecule has 2 aromatic rings.